The van der Waals surface area contributed by atoms with Gasteiger partial charge >= 0.3 is 0 Å². The minimum absolute atomic E-state index is 0.0739. The molecule has 3 aliphatic rings. The van der Waals surface area contributed by atoms with Gasteiger partial charge in [0.1, 0.15) is 4.88 Å². The van der Waals surface area contributed by atoms with Crippen molar-refractivity contribution in [2.75, 3.05) is 52.5 Å². The molecule has 8 heteroatoms. The molecule has 29 heavy (non-hydrogen) atoms. The number of hydrogen-bond acceptors (Lipinski definition) is 6. The number of amides is 2. The lowest BCUT2D eigenvalue weighted by Crippen LogP contribution is -2.54. The van der Waals surface area contributed by atoms with E-state index in [1.807, 2.05) is 18.7 Å². The van der Waals surface area contributed by atoms with Crippen LogP contribution in [-0.4, -0.2) is 90.0 Å². The van der Waals surface area contributed by atoms with Gasteiger partial charge in [0.25, 0.3) is 5.91 Å². The predicted octanol–water partition coefficient (Wildman–Crippen LogP) is 1.94. The molecular formula is C21H32N4O3S. The Kier molecular flexibility index (Phi) is 6.51. The van der Waals surface area contributed by atoms with Gasteiger partial charge < -0.3 is 14.5 Å². The minimum Gasteiger partial charge on any atom is -0.379 e. The maximum absolute atomic E-state index is 13.1. The smallest absolute Gasteiger partial charge is 0.265 e. The highest BCUT2D eigenvalue weighted by atomic mass is 32.1. The number of ether oxygens (including phenoxy) is 1. The van der Waals surface area contributed by atoms with Gasteiger partial charge in [-0.25, -0.2) is 4.98 Å². The van der Waals surface area contributed by atoms with Crippen LogP contribution in [-0.2, 0) is 9.53 Å². The maximum atomic E-state index is 13.1. The van der Waals surface area contributed by atoms with Gasteiger partial charge in [0.05, 0.1) is 23.9 Å². The lowest BCUT2D eigenvalue weighted by molar-refractivity contribution is -0.136. The summed E-state index contributed by atoms with van der Waals surface area (Å²) in [4.78, 5) is 37.7. The Morgan fingerprint density at radius 1 is 1.17 bits per heavy atom. The Morgan fingerprint density at radius 2 is 1.93 bits per heavy atom. The molecule has 1 aromatic rings. The summed E-state index contributed by atoms with van der Waals surface area (Å²) < 4.78 is 5.44. The van der Waals surface area contributed by atoms with E-state index in [-0.39, 0.29) is 17.9 Å². The summed E-state index contributed by atoms with van der Waals surface area (Å²) in [5.41, 5.74) is 0.817. The first kappa shape index (κ1) is 20.8. The summed E-state index contributed by atoms with van der Waals surface area (Å²) in [5, 5.41) is 0.926. The maximum Gasteiger partial charge on any atom is 0.265 e. The van der Waals surface area contributed by atoms with Crippen LogP contribution in [0.2, 0.25) is 0 Å². The lowest BCUT2D eigenvalue weighted by Gasteiger charge is -2.40. The largest absolute Gasteiger partial charge is 0.379 e. The first-order chi connectivity index (χ1) is 14.0. The van der Waals surface area contributed by atoms with Crippen molar-refractivity contribution in [1.29, 1.82) is 0 Å². The quantitative estimate of drug-likeness (QED) is 0.704. The van der Waals surface area contributed by atoms with E-state index in [9.17, 15) is 9.59 Å². The third kappa shape index (κ3) is 4.98. The number of nitrogens with zero attached hydrogens (tertiary/aromatic N) is 4. The molecule has 0 radical (unpaired) electrons. The molecule has 2 amide bonds. The van der Waals surface area contributed by atoms with E-state index >= 15 is 0 Å². The monoisotopic (exact) mass is 420 g/mol. The van der Waals surface area contributed by atoms with Gasteiger partial charge in [0.15, 0.2) is 0 Å². The first-order valence-electron chi connectivity index (χ1n) is 10.9. The summed E-state index contributed by atoms with van der Waals surface area (Å²) in [5.74, 6) is 0.573. The molecule has 0 spiro atoms. The van der Waals surface area contributed by atoms with Crippen molar-refractivity contribution >= 4 is 23.2 Å². The average Bonchev–Trinajstić information content (AvgIpc) is 3.52. The van der Waals surface area contributed by atoms with E-state index in [4.69, 9.17) is 4.74 Å². The van der Waals surface area contributed by atoms with Gasteiger partial charge in [-0.2, -0.15) is 0 Å². The molecule has 0 aromatic carbocycles. The van der Waals surface area contributed by atoms with Crippen LogP contribution < -0.4 is 0 Å². The number of piperidine rings is 1. The van der Waals surface area contributed by atoms with E-state index in [1.165, 1.54) is 11.3 Å². The van der Waals surface area contributed by atoms with Crippen molar-refractivity contribution in [2.24, 2.45) is 5.92 Å². The molecule has 7 nitrogen and oxygen atoms in total. The van der Waals surface area contributed by atoms with Gasteiger partial charge in [-0.05, 0) is 39.5 Å². The van der Waals surface area contributed by atoms with Crippen LogP contribution in [0, 0.1) is 19.8 Å². The number of carbonyl (C=O) groups excluding carboxylic acids is 2. The number of aromatic nitrogens is 1. The van der Waals surface area contributed by atoms with Crippen LogP contribution in [0.15, 0.2) is 0 Å². The second-order valence-electron chi connectivity index (χ2n) is 8.45. The van der Waals surface area contributed by atoms with E-state index in [0.717, 1.165) is 87.2 Å². The Morgan fingerprint density at radius 3 is 2.59 bits per heavy atom. The van der Waals surface area contributed by atoms with Gasteiger partial charge in [0.2, 0.25) is 5.91 Å². The standard InChI is InChI=1S/C21H32N4O3S/c1-15-19(29-16(2)22-15)21(27)24-7-3-4-18(14-24)25(20(26)17-5-6-17)9-8-23-10-12-28-13-11-23/h17-18H,3-14H2,1-2H3. The van der Waals surface area contributed by atoms with Crippen molar-refractivity contribution in [3.63, 3.8) is 0 Å². The zero-order valence-corrected chi connectivity index (χ0v) is 18.4. The Balaban J connectivity index is 1.42. The summed E-state index contributed by atoms with van der Waals surface area (Å²) in [6.45, 7) is 10.3. The fraction of sp³-hybridized carbons (Fsp3) is 0.762. The SMILES string of the molecule is Cc1nc(C)c(C(=O)N2CCCC(N(CCN3CCOCC3)C(=O)C3CC3)C2)s1. The molecule has 3 fully saturated rings. The number of thiazole rings is 1. The van der Waals surface area contributed by atoms with Crippen LogP contribution in [0.5, 0.6) is 0 Å². The van der Waals surface area contributed by atoms with E-state index < -0.39 is 0 Å². The first-order valence-corrected chi connectivity index (χ1v) is 11.7. The van der Waals surface area contributed by atoms with Crippen molar-refractivity contribution in [3.8, 4) is 0 Å². The zero-order chi connectivity index (χ0) is 20.4. The van der Waals surface area contributed by atoms with E-state index in [0.29, 0.717) is 12.5 Å². The van der Waals surface area contributed by atoms with Gasteiger partial charge in [0, 0.05) is 51.2 Å². The molecule has 160 valence electrons. The molecule has 2 saturated heterocycles. The van der Waals surface area contributed by atoms with Crippen molar-refractivity contribution in [1.82, 2.24) is 19.7 Å². The highest BCUT2D eigenvalue weighted by molar-refractivity contribution is 7.13. The molecule has 1 aliphatic carbocycles. The van der Waals surface area contributed by atoms with Gasteiger partial charge in [-0.3, -0.25) is 14.5 Å². The second-order valence-corrected chi connectivity index (χ2v) is 9.66. The summed E-state index contributed by atoms with van der Waals surface area (Å²) in [7, 11) is 0. The molecular weight excluding hydrogens is 388 g/mol. The summed E-state index contributed by atoms with van der Waals surface area (Å²) in [6, 6.07) is 0.121. The molecule has 2 aliphatic heterocycles. The van der Waals surface area contributed by atoms with Crippen LogP contribution >= 0.6 is 11.3 Å². The molecule has 1 unspecified atom stereocenters. The van der Waals surface area contributed by atoms with E-state index in [2.05, 4.69) is 14.8 Å². The molecule has 3 heterocycles. The van der Waals surface area contributed by atoms with Crippen LogP contribution in [0.1, 0.15) is 46.1 Å². The molecule has 0 N–H and O–H groups in total. The van der Waals surface area contributed by atoms with E-state index in [1.54, 1.807) is 0 Å². The minimum atomic E-state index is 0.0739. The van der Waals surface area contributed by atoms with Crippen molar-refractivity contribution < 1.29 is 14.3 Å². The summed E-state index contributed by atoms with van der Waals surface area (Å²) >= 11 is 1.47. The van der Waals surface area contributed by atoms with Gasteiger partial charge in [-0.1, -0.05) is 0 Å². The number of likely N-dealkylation sites (tertiary alicyclic amines) is 1. The normalized spacial score (nSPS) is 23.2. The topological polar surface area (TPSA) is 66.0 Å². The number of hydrogen-bond donors (Lipinski definition) is 0. The molecule has 4 rings (SSSR count). The highest BCUT2D eigenvalue weighted by Gasteiger charge is 2.38. The second kappa shape index (κ2) is 9.10. The number of carbonyl (C=O) groups is 2. The predicted molar refractivity (Wildman–Crippen MR) is 112 cm³/mol. The Labute approximate surface area is 177 Å². The third-order valence-electron chi connectivity index (χ3n) is 6.19. The molecule has 1 saturated carbocycles. The fourth-order valence-corrected chi connectivity index (χ4v) is 5.27. The highest BCUT2D eigenvalue weighted by Crippen LogP contribution is 2.33. The molecule has 1 aromatic heterocycles. The van der Waals surface area contributed by atoms with Crippen LogP contribution in [0.4, 0.5) is 0 Å². The third-order valence-corrected chi connectivity index (χ3v) is 7.25. The van der Waals surface area contributed by atoms with Crippen molar-refractivity contribution in [2.45, 2.75) is 45.6 Å². The zero-order valence-electron chi connectivity index (χ0n) is 17.6. The number of aryl methyl sites for hydroxylation is 2. The van der Waals surface area contributed by atoms with Gasteiger partial charge in [-0.15, -0.1) is 11.3 Å². The lowest BCUT2D eigenvalue weighted by atomic mass is 10.0. The molecule has 1 atom stereocenters. The summed E-state index contributed by atoms with van der Waals surface area (Å²) in [6.07, 6.45) is 3.95. The fourth-order valence-electron chi connectivity index (χ4n) is 4.38. The van der Waals surface area contributed by atoms with Crippen LogP contribution in [0.3, 0.4) is 0 Å². The number of morpholine rings is 1. The van der Waals surface area contributed by atoms with Crippen molar-refractivity contribution in [3.05, 3.63) is 15.6 Å². The van der Waals surface area contributed by atoms with Crippen LogP contribution in [0.25, 0.3) is 0 Å². The Hall–Kier alpha value is -1.51. The Bertz CT molecular complexity index is 742. The number of rotatable bonds is 6. The molecule has 0 bridgehead atoms. The average molecular weight is 421 g/mol.